The van der Waals surface area contributed by atoms with E-state index in [0.717, 1.165) is 13.0 Å². The fourth-order valence-corrected chi connectivity index (χ4v) is 1.20. The van der Waals surface area contributed by atoms with Crippen LogP contribution in [0.1, 0.15) is 13.3 Å². The highest BCUT2D eigenvalue weighted by Crippen LogP contribution is 2.36. The first kappa shape index (κ1) is 13.8. The Hall–Kier alpha value is -1.17. The van der Waals surface area contributed by atoms with E-state index in [4.69, 9.17) is 14.9 Å². The number of hydrogen-bond donors (Lipinski definition) is 4. The van der Waals surface area contributed by atoms with Crippen molar-refractivity contribution in [2.75, 3.05) is 0 Å². The Morgan fingerprint density at radius 2 is 2.00 bits per heavy atom. The van der Waals surface area contributed by atoms with Crippen molar-refractivity contribution in [2.24, 2.45) is 0 Å². The summed E-state index contributed by atoms with van der Waals surface area (Å²) in [5.74, 6) is -1.18. The van der Waals surface area contributed by atoms with Gasteiger partial charge in [-0.05, 0) is 6.42 Å². The fourth-order valence-electron chi connectivity index (χ4n) is 0.801. The molecule has 0 radical (unpaired) electrons. The van der Waals surface area contributed by atoms with Crippen LogP contribution in [-0.4, -0.2) is 32.8 Å². The van der Waals surface area contributed by atoms with Gasteiger partial charge in [-0.1, -0.05) is 6.08 Å². The molecule has 0 bridgehead atoms. The smallest absolute Gasteiger partial charge is 0.348 e. The molecule has 0 heterocycles. The summed E-state index contributed by atoms with van der Waals surface area (Å²) in [4.78, 5) is 38.0. The van der Waals surface area contributed by atoms with Crippen molar-refractivity contribution in [2.45, 2.75) is 19.4 Å². The van der Waals surface area contributed by atoms with Gasteiger partial charge in [0.15, 0.2) is 0 Å². The van der Waals surface area contributed by atoms with Gasteiger partial charge in [0.25, 0.3) is 0 Å². The zero-order chi connectivity index (χ0) is 12.1. The number of carbonyl (C=O) groups is 2. The summed E-state index contributed by atoms with van der Waals surface area (Å²) in [6, 6.07) is -1.18. The van der Waals surface area contributed by atoms with Crippen LogP contribution in [0.2, 0.25) is 0 Å². The minimum Gasteiger partial charge on any atom is -0.480 e. The van der Waals surface area contributed by atoms with E-state index in [-0.39, 0.29) is 6.42 Å². The number of carboxylic acid groups (broad SMARTS) is 1. The van der Waals surface area contributed by atoms with Crippen molar-refractivity contribution < 1.29 is 29.0 Å². The zero-order valence-corrected chi connectivity index (χ0v) is 8.85. The van der Waals surface area contributed by atoms with Gasteiger partial charge >= 0.3 is 13.6 Å². The second kappa shape index (κ2) is 5.65. The molecule has 0 aliphatic heterocycles. The van der Waals surface area contributed by atoms with Gasteiger partial charge in [-0.2, -0.15) is 0 Å². The molecule has 1 atom stereocenters. The Labute approximate surface area is 86.0 Å². The highest BCUT2D eigenvalue weighted by molar-refractivity contribution is 7.55. The van der Waals surface area contributed by atoms with Crippen LogP contribution in [0, 0.1) is 0 Å². The van der Waals surface area contributed by atoms with Crippen LogP contribution in [0.4, 0.5) is 0 Å². The fraction of sp³-hybridized carbons (Fsp3) is 0.429. The molecule has 0 saturated carbocycles. The van der Waals surface area contributed by atoms with Crippen molar-refractivity contribution in [1.82, 2.24) is 5.32 Å². The molecule has 0 rings (SSSR count). The van der Waals surface area contributed by atoms with Gasteiger partial charge in [0, 0.05) is 12.7 Å². The molecule has 15 heavy (non-hydrogen) atoms. The average molecular weight is 237 g/mol. The molecule has 8 heteroatoms. The summed E-state index contributed by atoms with van der Waals surface area (Å²) < 4.78 is 10.4. The molecule has 0 aliphatic carbocycles. The number of nitrogens with one attached hydrogen (secondary N) is 1. The van der Waals surface area contributed by atoms with E-state index in [1.165, 1.54) is 0 Å². The number of hydrogen-bond acceptors (Lipinski definition) is 3. The lowest BCUT2D eigenvalue weighted by Gasteiger charge is -2.10. The molecule has 7 nitrogen and oxygen atoms in total. The van der Waals surface area contributed by atoms with Crippen LogP contribution in [0.3, 0.4) is 0 Å². The van der Waals surface area contributed by atoms with Gasteiger partial charge in [-0.15, -0.1) is 0 Å². The maximum atomic E-state index is 10.6. The van der Waals surface area contributed by atoms with Crippen molar-refractivity contribution >= 4 is 19.5 Å². The highest BCUT2D eigenvalue weighted by atomic mass is 31.2. The molecule has 0 aromatic heterocycles. The number of rotatable bonds is 5. The molecule has 4 N–H and O–H groups in total. The Morgan fingerprint density at radius 3 is 2.33 bits per heavy atom. The van der Waals surface area contributed by atoms with Crippen molar-refractivity contribution in [3.63, 3.8) is 0 Å². The third kappa shape index (κ3) is 7.87. The lowest BCUT2D eigenvalue weighted by molar-refractivity contribution is -0.141. The van der Waals surface area contributed by atoms with E-state index < -0.39 is 25.5 Å². The Kier molecular flexibility index (Phi) is 5.21. The van der Waals surface area contributed by atoms with Crippen LogP contribution in [-0.2, 0) is 14.2 Å². The van der Waals surface area contributed by atoms with Crippen LogP contribution in [0.15, 0.2) is 11.9 Å². The van der Waals surface area contributed by atoms with E-state index >= 15 is 0 Å². The van der Waals surface area contributed by atoms with Crippen LogP contribution in [0.25, 0.3) is 0 Å². The summed E-state index contributed by atoms with van der Waals surface area (Å²) in [7, 11) is -4.27. The Balaban J connectivity index is 4.32. The quantitative estimate of drug-likeness (QED) is 0.485. The normalized spacial score (nSPS) is 13.8. The third-order valence-electron chi connectivity index (χ3n) is 1.35. The molecule has 86 valence electrons. The van der Waals surface area contributed by atoms with E-state index in [2.05, 4.69) is 5.32 Å². The second-order valence-electron chi connectivity index (χ2n) is 2.80. The first-order valence-corrected chi connectivity index (χ1v) is 5.63. The average Bonchev–Trinajstić information content (AvgIpc) is 1.99. The number of carbonyl (C=O) groups excluding carboxylic acids is 1. The topological polar surface area (TPSA) is 124 Å². The van der Waals surface area contributed by atoms with Crippen molar-refractivity contribution in [3.05, 3.63) is 11.9 Å². The monoisotopic (exact) mass is 237 g/mol. The first-order chi connectivity index (χ1) is 6.72. The molecule has 1 unspecified atom stereocenters. The minimum absolute atomic E-state index is 0.181. The van der Waals surface area contributed by atoms with Crippen molar-refractivity contribution in [1.29, 1.82) is 0 Å². The molecule has 1 amide bonds. The SMILES string of the molecule is CC(=O)NC(C/C=C/P(=O)(O)O)C(=O)O. The third-order valence-corrected chi connectivity index (χ3v) is 1.95. The largest absolute Gasteiger partial charge is 0.480 e. The molecular weight excluding hydrogens is 225 g/mol. The maximum absolute atomic E-state index is 10.6. The molecule has 0 aromatic rings. The number of carboxylic acids is 1. The summed E-state index contributed by atoms with van der Waals surface area (Å²) in [6.07, 6.45) is 0.843. The predicted molar refractivity (Wildman–Crippen MR) is 51.0 cm³/mol. The molecular formula is C7H12NO6P. The van der Waals surface area contributed by atoms with Crippen LogP contribution in [0.5, 0.6) is 0 Å². The molecule has 0 aromatic carbocycles. The van der Waals surface area contributed by atoms with Gasteiger partial charge in [0.05, 0.1) is 0 Å². The standard InChI is InChI=1S/C7H12NO6P/c1-5(9)8-6(7(10)11)3-2-4-15(12,13)14/h2,4,6H,3H2,1H3,(H,8,9)(H,10,11)(H2,12,13,14)/b4-2+. The predicted octanol–water partition coefficient (Wildman–Crippen LogP) is -0.343. The van der Waals surface area contributed by atoms with Gasteiger partial charge in [-0.25, -0.2) is 4.79 Å². The minimum atomic E-state index is -4.27. The number of aliphatic carboxylic acids is 1. The van der Waals surface area contributed by atoms with Crippen molar-refractivity contribution in [3.8, 4) is 0 Å². The number of amides is 1. The molecule has 0 saturated heterocycles. The lowest BCUT2D eigenvalue weighted by atomic mass is 10.2. The molecule has 0 aliphatic rings. The summed E-state index contributed by atoms with van der Waals surface area (Å²) >= 11 is 0. The second-order valence-corrected chi connectivity index (χ2v) is 4.28. The summed E-state index contributed by atoms with van der Waals surface area (Å²) in [5.41, 5.74) is 0. The maximum Gasteiger partial charge on any atom is 0.348 e. The highest BCUT2D eigenvalue weighted by Gasteiger charge is 2.17. The Bertz CT molecular complexity index is 319. The molecule has 0 fully saturated rings. The zero-order valence-electron chi connectivity index (χ0n) is 7.95. The Morgan fingerprint density at radius 1 is 1.47 bits per heavy atom. The van der Waals surface area contributed by atoms with E-state index in [0.29, 0.717) is 5.82 Å². The van der Waals surface area contributed by atoms with Gasteiger partial charge < -0.3 is 20.2 Å². The summed E-state index contributed by atoms with van der Waals surface area (Å²) in [5, 5.41) is 10.7. The van der Waals surface area contributed by atoms with E-state index in [1.807, 2.05) is 0 Å². The lowest BCUT2D eigenvalue weighted by Crippen LogP contribution is -2.39. The summed E-state index contributed by atoms with van der Waals surface area (Å²) in [6.45, 7) is 1.16. The van der Waals surface area contributed by atoms with Crippen LogP contribution < -0.4 is 5.32 Å². The van der Waals surface area contributed by atoms with E-state index in [9.17, 15) is 14.2 Å². The van der Waals surface area contributed by atoms with E-state index in [1.54, 1.807) is 0 Å². The first-order valence-electron chi connectivity index (χ1n) is 3.95. The van der Waals surface area contributed by atoms with Gasteiger partial charge in [0.2, 0.25) is 5.91 Å². The molecule has 0 spiro atoms. The van der Waals surface area contributed by atoms with Crippen LogP contribution >= 0.6 is 7.60 Å². The van der Waals surface area contributed by atoms with Gasteiger partial charge in [-0.3, -0.25) is 9.36 Å². The van der Waals surface area contributed by atoms with Gasteiger partial charge in [0.1, 0.15) is 6.04 Å².